The Kier molecular flexibility index (Phi) is 11.0. The molecular formula is C76H50B2N4O2. The Morgan fingerprint density at radius 1 is 0.274 bits per heavy atom. The maximum atomic E-state index is 7.92. The van der Waals surface area contributed by atoms with Crippen LogP contribution in [0.5, 0.6) is 23.0 Å². The maximum absolute atomic E-state index is 7.92. The number of para-hydroxylation sites is 8. The molecule has 0 N–H and O–H groups in total. The average molecular weight is 1070 g/mol. The van der Waals surface area contributed by atoms with Crippen molar-refractivity contribution in [3.63, 3.8) is 0 Å². The number of anilines is 12. The van der Waals surface area contributed by atoms with Crippen molar-refractivity contribution in [1.82, 2.24) is 0 Å². The monoisotopic (exact) mass is 1070 g/mol. The van der Waals surface area contributed by atoms with Crippen LogP contribution in [0.25, 0.3) is 21.9 Å². The second-order valence-corrected chi connectivity index (χ2v) is 21.9. The summed E-state index contributed by atoms with van der Waals surface area (Å²) >= 11 is 0. The Bertz CT molecular complexity index is 4370. The zero-order valence-corrected chi connectivity index (χ0v) is 45.6. The molecule has 4 heterocycles. The van der Waals surface area contributed by atoms with E-state index in [2.05, 4.69) is 323 Å². The van der Waals surface area contributed by atoms with E-state index in [4.69, 9.17) is 9.47 Å². The Morgan fingerprint density at radius 3 is 1.07 bits per heavy atom. The lowest BCUT2D eigenvalue weighted by molar-refractivity contribution is 0.469. The van der Waals surface area contributed by atoms with Crippen molar-refractivity contribution in [2.75, 3.05) is 19.6 Å². The molecule has 0 saturated carbocycles. The van der Waals surface area contributed by atoms with Gasteiger partial charge in [0.15, 0.2) is 0 Å². The van der Waals surface area contributed by atoms with Crippen LogP contribution in [0, 0.1) is 0 Å². The molecule has 4 aliphatic heterocycles. The van der Waals surface area contributed by atoms with Crippen LogP contribution < -0.4 is 61.9 Å². The summed E-state index contributed by atoms with van der Waals surface area (Å²) in [5, 5.41) is 2.29. The highest BCUT2D eigenvalue weighted by atomic mass is 16.5. The predicted octanol–water partition coefficient (Wildman–Crippen LogP) is 16.3. The van der Waals surface area contributed by atoms with Gasteiger partial charge in [0.05, 0.1) is 16.9 Å². The molecule has 17 rings (SSSR count). The van der Waals surface area contributed by atoms with Gasteiger partial charge in [0.1, 0.15) is 23.0 Å². The standard InChI is InChI=1S/C76H50B2N4O2/c1-7-27-54(28-8-1)79(55-29-9-2-10-30-55)60-46-68-73-70(48-60)83-75-64(77(73)62-39-21-23-41-66(62)81(68)58-35-15-5-16-36-58)50-65-76(72(75)53-44-43-51-25-19-20-26-52(51)45-53)84-71-49-61(80(56-31-11-3-12-32-56)57-33-13-4-14-34-57)47-69-74(71)78(65)63-40-22-24-42-67(63)82(69)59-37-17-6-18-38-59/h1-50H. The molecule has 84 heavy (non-hydrogen) atoms. The second-order valence-electron chi connectivity index (χ2n) is 21.9. The molecule has 8 heteroatoms. The van der Waals surface area contributed by atoms with Crippen molar-refractivity contribution in [2.45, 2.75) is 0 Å². The van der Waals surface area contributed by atoms with Gasteiger partial charge < -0.3 is 29.1 Å². The first-order valence-electron chi connectivity index (χ1n) is 28.8. The summed E-state index contributed by atoms with van der Waals surface area (Å²) in [6.45, 7) is -0.466. The lowest BCUT2D eigenvalue weighted by atomic mass is 9.30. The second kappa shape index (κ2) is 19.4. The third kappa shape index (κ3) is 7.54. The van der Waals surface area contributed by atoms with Crippen LogP contribution in [0.15, 0.2) is 303 Å². The minimum absolute atomic E-state index is 0.233. The fraction of sp³-hybridized carbons (Fsp3) is 0. The predicted molar refractivity (Wildman–Crippen MR) is 350 cm³/mol. The molecule has 0 fully saturated rings. The summed E-state index contributed by atoms with van der Waals surface area (Å²) in [4.78, 5) is 9.56. The number of hydrogen-bond donors (Lipinski definition) is 0. The van der Waals surface area contributed by atoms with Gasteiger partial charge in [-0.2, -0.15) is 0 Å². The van der Waals surface area contributed by atoms with Crippen molar-refractivity contribution in [1.29, 1.82) is 0 Å². The Morgan fingerprint density at radius 2 is 0.643 bits per heavy atom. The lowest BCUT2D eigenvalue weighted by Crippen LogP contribution is -2.63. The Labute approximate surface area is 489 Å². The zero-order valence-electron chi connectivity index (χ0n) is 45.6. The average Bonchev–Trinajstić information content (AvgIpc) is 0.780. The normalized spacial score (nSPS) is 12.9. The van der Waals surface area contributed by atoms with E-state index in [1.807, 2.05) is 0 Å². The van der Waals surface area contributed by atoms with Crippen molar-refractivity contribution in [3.05, 3.63) is 303 Å². The molecule has 0 aromatic heterocycles. The molecule has 0 bridgehead atoms. The molecule has 0 atom stereocenters. The minimum atomic E-state index is -0.233. The molecule has 0 aliphatic carbocycles. The highest BCUT2D eigenvalue weighted by Gasteiger charge is 2.49. The Hall–Kier alpha value is -11.0. The number of rotatable bonds is 9. The summed E-state index contributed by atoms with van der Waals surface area (Å²) in [6.07, 6.45) is 0. The van der Waals surface area contributed by atoms with Crippen LogP contribution in [0.4, 0.5) is 68.2 Å². The summed E-state index contributed by atoms with van der Waals surface area (Å²) in [6, 6.07) is 109. The van der Waals surface area contributed by atoms with Gasteiger partial charge in [-0.15, -0.1) is 0 Å². The highest BCUT2D eigenvalue weighted by Crippen LogP contribution is 2.52. The zero-order chi connectivity index (χ0) is 55.2. The van der Waals surface area contributed by atoms with Gasteiger partial charge in [0.2, 0.25) is 0 Å². The SMILES string of the molecule is c1ccc(N(c2ccccc2)c2cc3c4c(c2)N(c2ccccc2)c2ccccc2B4c2cc4c(c(-c5ccc6ccccc6c5)c2O3)Oc2cc(N(c3ccccc3)c3ccccc3)cc3c2B4c2ccccc2N3c2ccccc2)cc1. The van der Waals surface area contributed by atoms with E-state index in [9.17, 15) is 0 Å². The molecule has 0 spiro atoms. The van der Waals surface area contributed by atoms with Gasteiger partial charge in [-0.1, -0.05) is 188 Å². The van der Waals surface area contributed by atoms with Crippen LogP contribution in [0.2, 0.25) is 0 Å². The van der Waals surface area contributed by atoms with E-state index < -0.39 is 0 Å². The van der Waals surface area contributed by atoms with E-state index in [1.54, 1.807) is 0 Å². The minimum Gasteiger partial charge on any atom is -0.457 e. The van der Waals surface area contributed by atoms with E-state index in [-0.39, 0.29) is 13.4 Å². The molecule has 13 aromatic carbocycles. The van der Waals surface area contributed by atoms with Crippen molar-refractivity contribution in [3.8, 4) is 34.1 Å². The third-order valence-corrected chi connectivity index (χ3v) is 17.2. The third-order valence-electron chi connectivity index (χ3n) is 17.2. The quantitative estimate of drug-likeness (QED) is 0.134. The van der Waals surface area contributed by atoms with Crippen LogP contribution in [-0.2, 0) is 0 Å². The van der Waals surface area contributed by atoms with Gasteiger partial charge in [0.25, 0.3) is 13.4 Å². The fourth-order valence-electron chi connectivity index (χ4n) is 13.7. The van der Waals surface area contributed by atoms with Crippen molar-refractivity contribution < 1.29 is 9.47 Å². The molecular weight excluding hydrogens is 1020 g/mol. The Balaban J connectivity index is 0.973. The summed E-state index contributed by atoms with van der Waals surface area (Å²) in [5.41, 5.74) is 21.3. The smallest absolute Gasteiger partial charge is 0.256 e. The van der Waals surface area contributed by atoms with E-state index in [0.717, 1.165) is 135 Å². The number of benzene rings is 13. The van der Waals surface area contributed by atoms with E-state index in [1.165, 1.54) is 10.9 Å². The van der Waals surface area contributed by atoms with Crippen molar-refractivity contribution in [2.24, 2.45) is 0 Å². The molecule has 0 amide bonds. The largest absolute Gasteiger partial charge is 0.457 e. The molecule has 6 nitrogen and oxygen atoms in total. The molecule has 4 aliphatic rings. The number of hydrogen-bond acceptors (Lipinski definition) is 6. The fourth-order valence-corrected chi connectivity index (χ4v) is 13.7. The van der Waals surface area contributed by atoms with Gasteiger partial charge in [0, 0.05) is 69.0 Å². The van der Waals surface area contributed by atoms with E-state index in [0.29, 0.717) is 0 Å². The number of fused-ring (bicyclic) bond motifs is 9. The number of nitrogens with zero attached hydrogens (tertiary/aromatic N) is 4. The highest BCUT2D eigenvalue weighted by molar-refractivity contribution is 7.02. The summed E-state index contributed by atoms with van der Waals surface area (Å²) in [7, 11) is 0. The topological polar surface area (TPSA) is 31.4 Å². The van der Waals surface area contributed by atoms with Gasteiger partial charge >= 0.3 is 0 Å². The molecule has 13 aromatic rings. The van der Waals surface area contributed by atoms with Crippen molar-refractivity contribution >= 4 is 125 Å². The van der Waals surface area contributed by atoms with Crippen LogP contribution in [0.3, 0.4) is 0 Å². The molecule has 0 unspecified atom stereocenters. The van der Waals surface area contributed by atoms with Crippen LogP contribution >= 0.6 is 0 Å². The number of ether oxygens (including phenoxy) is 2. The first-order chi connectivity index (χ1) is 41.7. The summed E-state index contributed by atoms with van der Waals surface area (Å²) in [5.74, 6) is 3.14. The van der Waals surface area contributed by atoms with Gasteiger partial charge in [-0.25, -0.2) is 0 Å². The molecule has 0 saturated heterocycles. The van der Waals surface area contributed by atoms with E-state index >= 15 is 0 Å². The van der Waals surface area contributed by atoms with Gasteiger partial charge in [-0.05, 0) is 152 Å². The van der Waals surface area contributed by atoms with Crippen LogP contribution in [-0.4, -0.2) is 13.4 Å². The molecule has 0 radical (unpaired) electrons. The van der Waals surface area contributed by atoms with Crippen LogP contribution in [0.1, 0.15) is 0 Å². The maximum Gasteiger partial charge on any atom is 0.256 e. The first-order valence-corrected chi connectivity index (χ1v) is 28.8. The molecule has 392 valence electrons. The lowest BCUT2D eigenvalue weighted by Gasteiger charge is -2.43. The summed E-state index contributed by atoms with van der Waals surface area (Å²) < 4.78 is 15.8. The van der Waals surface area contributed by atoms with Gasteiger partial charge in [-0.3, -0.25) is 0 Å². The first kappa shape index (κ1) is 47.8.